The first kappa shape index (κ1) is 12.2. The standard InChI is InChI=1S/C15H11N3O2/c19-13-15(16-14(20)18-17-13,11-7-3-1-4-8-11)12-9-5-2-6-10-12/h1-10H,(H,16,20). The second-order valence-corrected chi connectivity index (χ2v) is 4.42. The van der Waals surface area contributed by atoms with Crippen LogP contribution in [0.4, 0.5) is 4.79 Å². The van der Waals surface area contributed by atoms with E-state index in [9.17, 15) is 9.59 Å². The number of carbonyl (C=O) groups is 2. The van der Waals surface area contributed by atoms with Gasteiger partial charge in [-0.2, -0.15) is 0 Å². The molecule has 0 unspecified atom stereocenters. The van der Waals surface area contributed by atoms with Crippen molar-refractivity contribution in [1.82, 2.24) is 5.32 Å². The molecule has 0 saturated heterocycles. The lowest BCUT2D eigenvalue weighted by Gasteiger charge is -2.33. The van der Waals surface area contributed by atoms with Gasteiger partial charge in [-0.25, -0.2) is 4.79 Å². The summed E-state index contributed by atoms with van der Waals surface area (Å²) in [6, 6.07) is 17.4. The van der Waals surface area contributed by atoms with Crippen molar-refractivity contribution < 1.29 is 9.59 Å². The van der Waals surface area contributed by atoms with Crippen LogP contribution in [0.25, 0.3) is 0 Å². The summed E-state index contributed by atoms with van der Waals surface area (Å²) in [7, 11) is 0. The molecule has 0 spiro atoms. The Morgan fingerprint density at radius 1 is 0.750 bits per heavy atom. The molecule has 5 nitrogen and oxygen atoms in total. The molecule has 0 fully saturated rings. The Balaban J connectivity index is 2.26. The average molecular weight is 265 g/mol. The van der Waals surface area contributed by atoms with E-state index in [1.807, 2.05) is 36.4 Å². The van der Waals surface area contributed by atoms with Gasteiger partial charge in [-0.05, 0) is 11.1 Å². The van der Waals surface area contributed by atoms with E-state index in [1.165, 1.54) is 0 Å². The Morgan fingerprint density at radius 3 is 1.75 bits per heavy atom. The van der Waals surface area contributed by atoms with Crippen molar-refractivity contribution in [1.29, 1.82) is 0 Å². The Hall–Kier alpha value is -2.82. The quantitative estimate of drug-likeness (QED) is 0.906. The molecule has 2 aromatic carbocycles. The van der Waals surface area contributed by atoms with E-state index in [-0.39, 0.29) is 0 Å². The van der Waals surface area contributed by atoms with Crippen molar-refractivity contribution in [2.24, 2.45) is 10.2 Å². The summed E-state index contributed by atoms with van der Waals surface area (Å²) < 4.78 is 0. The van der Waals surface area contributed by atoms with Crippen LogP contribution < -0.4 is 5.32 Å². The lowest BCUT2D eigenvalue weighted by atomic mass is 9.82. The third-order valence-corrected chi connectivity index (χ3v) is 3.26. The smallest absolute Gasteiger partial charge is 0.313 e. The largest absolute Gasteiger partial charge is 0.361 e. The highest BCUT2D eigenvalue weighted by molar-refractivity contribution is 5.99. The van der Waals surface area contributed by atoms with E-state index in [0.29, 0.717) is 11.1 Å². The van der Waals surface area contributed by atoms with Gasteiger partial charge in [0.05, 0.1) is 0 Å². The number of amides is 3. The number of benzene rings is 2. The number of carbonyl (C=O) groups excluding carboxylic acids is 2. The van der Waals surface area contributed by atoms with Crippen molar-refractivity contribution in [2.75, 3.05) is 0 Å². The number of azo groups is 1. The van der Waals surface area contributed by atoms with Gasteiger partial charge in [0.2, 0.25) is 0 Å². The molecule has 0 aromatic heterocycles. The zero-order valence-electron chi connectivity index (χ0n) is 10.5. The molecule has 1 heterocycles. The van der Waals surface area contributed by atoms with E-state index in [1.54, 1.807) is 24.3 Å². The maximum absolute atomic E-state index is 12.4. The predicted molar refractivity (Wildman–Crippen MR) is 72.1 cm³/mol. The van der Waals surface area contributed by atoms with Crippen LogP contribution in [0.3, 0.4) is 0 Å². The minimum absolute atomic E-state index is 0.505. The van der Waals surface area contributed by atoms with Gasteiger partial charge in [-0.3, -0.25) is 4.79 Å². The van der Waals surface area contributed by atoms with Crippen LogP contribution >= 0.6 is 0 Å². The molecule has 5 heteroatoms. The summed E-state index contributed by atoms with van der Waals surface area (Å²) in [6.45, 7) is 0. The average Bonchev–Trinajstić information content (AvgIpc) is 2.51. The van der Waals surface area contributed by atoms with Gasteiger partial charge < -0.3 is 5.32 Å². The molecule has 0 bridgehead atoms. The highest BCUT2D eigenvalue weighted by atomic mass is 16.2. The lowest BCUT2D eigenvalue weighted by Crippen LogP contribution is -2.53. The first-order valence-corrected chi connectivity index (χ1v) is 6.13. The Labute approximate surface area is 115 Å². The zero-order chi connectivity index (χ0) is 14.0. The summed E-state index contributed by atoms with van der Waals surface area (Å²) in [6.07, 6.45) is 0. The van der Waals surface area contributed by atoms with E-state index in [4.69, 9.17) is 0 Å². The lowest BCUT2D eigenvalue weighted by molar-refractivity contribution is -0.123. The summed E-state index contributed by atoms with van der Waals surface area (Å²) >= 11 is 0. The Morgan fingerprint density at radius 2 is 1.25 bits per heavy atom. The molecule has 0 radical (unpaired) electrons. The number of hydrogen-bond acceptors (Lipinski definition) is 2. The predicted octanol–water partition coefficient (Wildman–Crippen LogP) is 2.63. The summed E-state index contributed by atoms with van der Waals surface area (Å²) in [5.41, 5.74) is 0.00727. The normalized spacial score (nSPS) is 16.8. The first-order valence-electron chi connectivity index (χ1n) is 6.13. The number of nitrogens with one attached hydrogen (secondary N) is 1. The molecular weight excluding hydrogens is 254 g/mol. The monoisotopic (exact) mass is 265 g/mol. The maximum Gasteiger partial charge on any atom is 0.361 e. The van der Waals surface area contributed by atoms with Crippen molar-refractivity contribution >= 4 is 11.9 Å². The fraction of sp³-hybridized carbons (Fsp3) is 0.0667. The molecule has 3 amide bonds. The van der Waals surface area contributed by atoms with Gasteiger partial charge in [0.25, 0.3) is 5.91 Å². The first-order chi connectivity index (χ1) is 9.73. The van der Waals surface area contributed by atoms with Crippen molar-refractivity contribution in [3.8, 4) is 0 Å². The van der Waals surface area contributed by atoms with Crippen LogP contribution in [-0.4, -0.2) is 11.9 Å². The van der Waals surface area contributed by atoms with Crippen LogP contribution in [0.1, 0.15) is 11.1 Å². The van der Waals surface area contributed by atoms with Gasteiger partial charge in [0.1, 0.15) is 0 Å². The second-order valence-electron chi connectivity index (χ2n) is 4.42. The highest BCUT2D eigenvalue weighted by Crippen LogP contribution is 2.33. The summed E-state index contributed by atoms with van der Waals surface area (Å²) in [4.78, 5) is 24.0. The van der Waals surface area contributed by atoms with Gasteiger partial charge in [-0.15, -0.1) is 5.11 Å². The molecule has 1 aliphatic rings. The molecule has 20 heavy (non-hydrogen) atoms. The SMILES string of the molecule is O=C1N=NC(=O)C(c2ccccc2)(c2ccccc2)N1. The van der Waals surface area contributed by atoms with E-state index in [2.05, 4.69) is 15.5 Å². The van der Waals surface area contributed by atoms with E-state index < -0.39 is 17.5 Å². The fourth-order valence-electron chi connectivity index (χ4n) is 2.34. The van der Waals surface area contributed by atoms with Crippen LogP contribution in [0.5, 0.6) is 0 Å². The van der Waals surface area contributed by atoms with E-state index in [0.717, 1.165) is 0 Å². The topological polar surface area (TPSA) is 70.9 Å². The summed E-state index contributed by atoms with van der Waals surface area (Å²) in [5.74, 6) is -0.505. The molecule has 98 valence electrons. The molecule has 0 saturated carbocycles. The minimum atomic E-state index is -1.30. The van der Waals surface area contributed by atoms with E-state index >= 15 is 0 Å². The van der Waals surface area contributed by atoms with Crippen LogP contribution in [0, 0.1) is 0 Å². The number of nitrogens with zero attached hydrogens (tertiary/aromatic N) is 2. The Kier molecular flexibility index (Phi) is 2.87. The van der Waals surface area contributed by atoms with Crippen LogP contribution in [0.2, 0.25) is 0 Å². The number of rotatable bonds is 2. The third-order valence-electron chi connectivity index (χ3n) is 3.26. The van der Waals surface area contributed by atoms with Crippen molar-refractivity contribution in [2.45, 2.75) is 5.54 Å². The maximum atomic E-state index is 12.4. The molecule has 1 N–H and O–H groups in total. The molecule has 0 atom stereocenters. The van der Waals surface area contributed by atoms with Gasteiger partial charge in [0.15, 0.2) is 5.54 Å². The highest BCUT2D eigenvalue weighted by Gasteiger charge is 2.46. The molecule has 2 aromatic rings. The molecular formula is C15H11N3O2. The molecule has 1 aliphatic heterocycles. The van der Waals surface area contributed by atoms with Crippen molar-refractivity contribution in [3.63, 3.8) is 0 Å². The molecule has 0 aliphatic carbocycles. The number of urea groups is 1. The minimum Gasteiger partial charge on any atom is -0.313 e. The van der Waals surface area contributed by atoms with Gasteiger partial charge in [-0.1, -0.05) is 65.8 Å². The van der Waals surface area contributed by atoms with Crippen molar-refractivity contribution in [3.05, 3.63) is 71.8 Å². The Bertz CT molecular complexity index is 641. The van der Waals surface area contributed by atoms with Crippen LogP contribution in [-0.2, 0) is 10.3 Å². The fourth-order valence-corrected chi connectivity index (χ4v) is 2.34. The van der Waals surface area contributed by atoms with Gasteiger partial charge in [0, 0.05) is 0 Å². The van der Waals surface area contributed by atoms with Gasteiger partial charge >= 0.3 is 6.03 Å². The third kappa shape index (κ3) is 1.80. The zero-order valence-corrected chi connectivity index (χ0v) is 10.5. The van der Waals surface area contributed by atoms with Crippen LogP contribution in [0.15, 0.2) is 70.9 Å². The second kappa shape index (κ2) is 4.70. The molecule has 3 rings (SSSR count). The number of hydrogen-bond donors (Lipinski definition) is 1. The summed E-state index contributed by atoms with van der Waals surface area (Å²) in [5, 5.41) is 9.44.